The van der Waals surface area contributed by atoms with E-state index in [0.717, 1.165) is 0 Å². The number of urea groups is 1. The summed E-state index contributed by atoms with van der Waals surface area (Å²) in [4.78, 5) is 28.2. The van der Waals surface area contributed by atoms with Crippen molar-refractivity contribution in [2.75, 3.05) is 7.11 Å². The van der Waals surface area contributed by atoms with Gasteiger partial charge in [-0.05, 0) is 45.4 Å². The fourth-order valence-corrected chi connectivity index (χ4v) is 2.54. The quantitative estimate of drug-likeness (QED) is 0.861. The van der Waals surface area contributed by atoms with Crippen LogP contribution in [0, 0.1) is 11.7 Å². The number of rotatable bonds is 3. The lowest BCUT2D eigenvalue weighted by Gasteiger charge is -2.32. The number of nitrogens with one attached hydrogen (secondary N) is 1. The third kappa shape index (κ3) is 3.90. The summed E-state index contributed by atoms with van der Waals surface area (Å²) in [6.45, 7) is 6.87. The molecule has 0 fully saturated rings. The minimum absolute atomic E-state index is 0.0323. The predicted octanol–water partition coefficient (Wildman–Crippen LogP) is 3.02. The number of nitrogens with zero attached hydrogens (tertiary/aromatic N) is 1. The largest absolute Gasteiger partial charge is 0.494 e. The Hall–Kier alpha value is -2.44. The van der Waals surface area contributed by atoms with E-state index in [4.69, 9.17) is 9.47 Å². The Morgan fingerprint density at radius 1 is 1.33 bits per heavy atom. The molecule has 0 aliphatic carbocycles. The monoisotopic (exact) mass is 336 g/mol. The summed E-state index contributed by atoms with van der Waals surface area (Å²) in [5, 5.41) is 2.65. The van der Waals surface area contributed by atoms with E-state index in [0.29, 0.717) is 11.3 Å². The summed E-state index contributed by atoms with van der Waals surface area (Å²) in [6.07, 6.45) is 0. The summed E-state index contributed by atoms with van der Waals surface area (Å²) in [6, 6.07) is 2.92. The summed E-state index contributed by atoms with van der Waals surface area (Å²) in [5.74, 6) is -1.79. The lowest BCUT2D eigenvalue weighted by atomic mass is 9.88. The van der Waals surface area contributed by atoms with Gasteiger partial charge in [-0.15, -0.1) is 0 Å². The number of amides is 2. The van der Waals surface area contributed by atoms with Crippen LogP contribution in [0.25, 0.3) is 0 Å². The molecule has 2 amide bonds. The van der Waals surface area contributed by atoms with E-state index in [1.165, 1.54) is 25.3 Å². The van der Waals surface area contributed by atoms with E-state index in [1.54, 1.807) is 27.7 Å². The van der Waals surface area contributed by atoms with Gasteiger partial charge in [0.1, 0.15) is 11.5 Å². The van der Waals surface area contributed by atoms with Gasteiger partial charge in [-0.25, -0.2) is 14.2 Å². The molecule has 2 atom stereocenters. The number of carbonyl (C=O) groups is 2. The highest BCUT2D eigenvalue weighted by atomic mass is 19.1. The average molecular weight is 336 g/mol. The van der Waals surface area contributed by atoms with Gasteiger partial charge < -0.3 is 14.8 Å². The molecule has 0 radical (unpaired) electrons. The zero-order chi connectivity index (χ0) is 18.1. The minimum Gasteiger partial charge on any atom is -0.494 e. The average Bonchev–Trinajstić information content (AvgIpc) is 2.44. The first kappa shape index (κ1) is 17.9. The van der Waals surface area contributed by atoms with Crippen molar-refractivity contribution in [3.8, 4) is 5.75 Å². The van der Waals surface area contributed by atoms with Crippen LogP contribution in [0.5, 0.6) is 5.75 Å². The Labute approximate surface area is 140 Å². The number of ether oxygens (including phenoxy) is 2. The van der Waals surface area contributed by atoms with Crippen LogP contribution in [0.3, 0.4) is 0 Å². The zero-order valence-electron chi connectivity index (χ0n) is 14.3. The molecule has 130 valence electrons. The molecule has 1 aliphatic rings. The van der Waals surface area contributed by atoms with Gasteiger partial charge in [0.25, 0.3) is 0 Å². The molecule has 0 bridgehead atoms. The number of hydrogen-bond donors (Lipinski definition) is 1. The van der Waals surface area contributed by atoms with E-state index >= 15 is 0 Å². The molecule has 0 aromatic heterocycles. The lowest BCUT2D eigenvalue weighted by Crippen LogP contribution is -2.45. The van der Waals surface area contributed by atoms with E-state index < -0.39 is 35.4 Å². The molecule has 0 saturated heterocycles. The van der Waals surface area contributed by atoms with E-state index in [1.807, 2.05) is 0 Å². The third-order valence-corrected chi connectivity index (χ3v) is 3.54. The molecule has 24 heavy (non-hydrogen) atoms. The topological polar surface area (TPSA) is 77.0 Å². The van der Waals surface area contributed by atoms with Gasteiger partial charge in [-0.3, -0.25) is 4.79 Å². The van der Waals surface area contributed by atoms with Crippen molar-refractivity contribution in [2.45, 2.75) is 39.3 Å². The molecule has 1 aromatic rings. The summed E-state index contributed by atoms with van der Waals surface area (Å²) >= 11 is 0. The van der Waals surface area contributed by atoms with Gasteiger partial charge >= 0.3 is 12.0 Å². The first-order valence-corrected chi connectivity index (χ1v) is 7.54. The van der Waals surface area contributed by atoms with Crippen LogP contribution < -0.4 is 10.1 Å². The number of methoxy groups -OCH3 is 1. The van der Waals surface area contributed by atoms with Crippen molar-refractivity contribution >= 4 is 17.7 Å². The first-order valence-electron chi connectivity index (χ1n) is 7.54. The van der Waals surface area contributed by atoms with E-state index in [9.17, 15) is 14.0 Å². The van der Waals surface area contributed by atoms with E-state index in [-0.39, 0.29) is 5.75 Å². The number of esters is 1. The first-order chi connectivity index (χ1) is 11.1. The highest BCUT2D eigenvalue weighted by molar-refractivity contribution is 6.08. The van der Waals surface area contributed by atoms with Crippen molar-refractivity contribution in [3.63, 3.8) is 0 Å². The molecule has 7 heteroatoms. The third-order valence-electron chi connectivity index (χ3n) is 3.54. The Kier molecular flexibility index (Phi) is 4.91. The van der Waals surface area contributed by atoms with Crippen molar-refractivity contribution in [3.05, 3.63) is 29.6 Å². The lowest BCUT2D eigenvalue weighted by molar-refractivity contribution is -0.158. The smallest absolute Gasteiger partial charge is 0.341 e. The Bertz CT molecular complexity index is 694. The van der Waals surface area contributed by atoms with Crippen molar-refractivity contribution in [1.29, 1.82) is 0 Å². The molecule has 6 nitrogen and oxygen atoms in total. The molecule has 0 spiro atoms. The van der Waals surface area contributed by atoms with Gasteiger partial charge in [0.05, 0.1) is 13.2 Å². The molecular formula is C17H21FN2O4. The molecule has 1 N–H and O–H groups in total. The summed E-state index contributed by atoms with van der Waals surface area (Å²) in [5.41, 5.74) is 0.206. The Morgan fingerprint density at radius 2 is 2.00 bits per heavy atom. The number of halogens is 1. The van der Waals surface area contributed by atoms with Crippen molar-refractivity contribution in [1.82, 2.24) is 5.32 Å². The van der Waals surface area contributed by atoms with Crippen LogP contribution in [0.1, 0.15) is 39.3 Å². The maximum Gasteiger partial charge on any atom is 0.341 e. The van der Waals surface area contributed by atoms with Crippen LogP contribution in [0.15, 0.2) is 23.2 Å². The molecule has 1 aromatic carbocycles. The zero-order valence-corrected chi connectivity index (χ0v) is 14.3. The van der Waals surface area contributed by atoms with E-state index in [2.05, 4.69) is 10.3 Å². The van der Waals surface area contributed by atoms with Gasteiger partial charge in [-0.2, -0.15) is 0 Å². The Balaban J connectivity index is 2.43. The van der Waals surface area contributed by atoms with Gasteiger partial charge in [0.15, 0.2) is 11.6 Å². The van der Waals surface area contributed by atoms with Crippen LogP contribution in [0.4, 0.5) is 9.18 Å². The highest BCUT2D eigenvalue weighted by Gasteiger charge is 2.39. The normalized spacial score (nSPS) is 20.9. The summed E-state index contributed by atoms with van der Waals surface area (Å²) < 4.78 is 24.1. The van der Waals surface area contributed by atoms with Gasteiger partial charge in [-0.1, -0.05) is 6.07 Å². The van der Waals surface area contributed by atoms with Crippen LogP contribution in [0.2, 0.25) is 0 Å². The van der Waals surface area contributed by atoms with Gasteiger partial charge in [0, 0.05) is 5.71 Å². The fraction of sp³-hybridized carbons (Fsp3) is 0.471. The molecule has 1 aliphatic heterocycles. The number of carbonyl (C=O) groups excluding carboxylic acids is 2. The van der Waals surface area contributed by atoms with Crippen molar-refractivity contribution < 1.29 is 23.5 Å². The second-order valence-electron chi connectivity index (χ2n) is 6.59. The summed E-state index contributed by atoms with van der Waals surface area (Å²) in [7, 11) is 1.35. The fourth-order valence-electron chi connectivity index (χ4n) is 2.54. The molecule has 2 rings (SSSR count). The molecule has 0 saturated carbocycles. The number of benzene rings is 1. The number of aliphatic imine (C=N–C) groups is 1. The van der Waals surface area contributed by atoms with Crippen LogP contribution >= 0.6 is 0 Å². The van der Waals surface area contributed by atoms with Crippen molar-refractivity contribution in [2.24, 2.45) is 10.9 Å². The van der Waals surface area contributed by atoms with Crippen LogP contribution in [-0.2, 0) is 9.53 Å². The Morgan fingerprint density at radius 3 is 2.58 bits per heavy atom. The predicted molar refractivity (Wildman–Crippen MR) is 86.7 cm³/mol. The SMILES string of the molecule is COc1cc(C2NC(=O)N=C(C)C2C(=O)OC(C)(C)C)ccc1F. The highest BCUT2D eigenvalue weighted by Crippen LogP contribution is 2.32. The molecule has 2 unspecified atom stereocenters. The van der Waals surface area contributed by atoms with Crippen LogP contribution in [-0.4, -0.2) is 30.4 Å². The standard InChI is InChI=1S/C17H21FN2O4/c1-9-13(15(21)24-17(2,3)4)14(20-16(22)19-9)10-6-7-11(18)12(8-10)23-5/h6-8,13-14H,1-5H3,(H,20,22). The minimum atomic E-state index is -0.794. The second-order valence-corrected chi connectivity index (χ2v) is 6.59. The second kappa shape index (κ2) is 6.59. The number of hydrogen-bond acceptors (Lipinski definition) is 4. The molecule has 1 heterocycles. The maximum absolute atomic E-state index is 13.6. The van der Waals surface area contributed by atoms with Gasteiger partial charge in [0.2, 0.25) is 0 Å². The maximum atomic E-state index is 13.6. The molecular weight excluding hydrogens is 315 g/mol.